The minimum absolute atomic E-state index is 0.247. The van der Waals surface area contributed by atoms with Gasteiger partial charge in [-0.3, -0.25) is 4.79 Å². The number of aryl methyl sites for hydroxylation is 1. The van der Waals surface area contributed by atoms with E-state index in [1.807, 2.05) is 0 Å². The van der Waals surface area contributed by atoms with Gasteiger partial charge in [0.1, 0.15) is 0 Å². The Labute approximate surface area is 125 Å². The summed E-state index contributed by atoms with van der Waals surface area (Å²) in [5, 5.41) is 14.7. The maximum absolute atomic E-state index is 12.8. The van der Waals surface area contributed by atoms with Gasteiger partial charge in [0.05, 0.1) is 6.42 Å². The van der Waals surface area contributed by atoms with Crippen molar-refractivity contribution in [2.75, 3.05) is 5.32 Å². The lowest BCUT2D eigenvalue weighted by atomic mass is 9.94. The van der Waals surface area contributed by atoms with Crippen LogP contribution in [0.2, 0.25) is 0 Å². The first kappa shape index (κ1) is 15.6. The zero-order valence-corrected chi connectivity index (χ0v) is 12.2. The molecule has 1 aromatic heterocycles. The van der Waals surface area contributed by atoms with Gasteiger partial charge in [0.25, 0.3) is 5.91 Å². The monoisotopic (exact) mass is 311 g/mol. The predicted molar refractivity (Wildman–Crippen MR) is 78.6 cm³/mol. The molecule has 2 aromatic rings. The number of anilines is 1. The molecule has 0 radical (unpaired) electrons. The highest BCUT2D eigenvalue weighted by molar-refractivity contribution is 7.10. The molecule has 21 heavy (non-hydrogen) atoms. The molecule has 0 bridgehead atoms. The van der Waals surface area contributed by atoms with Crippen molar-refractivity contribution in [1.29, 1.82) is 0 Å². The Bertz CT molecular complexity index is 615. The fourth-order valence-corrected chi connectivity index (χ4v) is 3.10. The van der Waals surface area contributed by atoms with E-state index in [0.717, 1.165) is 11.3 Å². The summed E-state index contributed by atoms with van der Waals surface area (Å²) in [6.45, 7) is 1.68. The van der Waals surface area contributed by atoms with E-state index >= 15 is 0 Å². The van der Waals surface area contributed by atoms with Crippen molar-refractivity contribution in [2.24, 2.45) is 0 Å². The largest absolute Gasteiger partial charge is 0.374 e. The lowest BCUT2D eigenvalue weighted by molar-refractivity contribution is -0.139. The van der Waals surface area contributed by atoms with Crippen LogP contribution in [0.5, 0.6) is 0 Å². The predicted octanol–water partition coefficient (Wildman–Crippen LogP) is 3.54. The van der Waals surface area contributed by atoms with Crippen molar-refractivity contribution in [2.45, 2.75) is 25.4 Å². The summed E-state index contributed by atoms with van der Waals surface area (Å²) in [5.74, 6) is -0.848. The molecule has 2 rings (SSSR count). The van der Waals surface area contributed by atoms with Crippen LogP contribution in [-0.4, -0.2) is 17.4 Å². The first-order valence-electron chi connectivity index (χ1n) is 6.35. The maximum Gasteiger partial charge on any atom is 0.262 e. The zero-order valence-electron chi connectivity index (χ0n) is 11.3. The highest BCUT2D eigenvalue weighted by atomic mass is 32.1. The lowest BCUT2D eigenvalue weighted by Crippen LogP contribution is -2.41. The van der Waals surface area contributed by atoms with Gasteiger partial charge in [-0.2, -0.15) is 0 Å². The van der Waals surface area contributed by atoms with Crippen LogP contribution in [0.3, 0.4) is 0 Å². The van der Waals surface area contributed by atoms with Gasteiger partial charge in [0.15, 0.2) is 5.60 Å². The molecule has 1 unspecified atom stereocenters. The van der Waals surface area contributed by atoms with E-state index in [0.29, 0.717) is 11.3 Å². The standard InChI is InChI=1S/C15H15F2NO2S/c1-10-7-8-21-13(10)15(20,9-12(16)17)14(19)18-11-5-3-2-4-6-11/h2-8,12,20H,9H2,1H3,(H,18,19). The summed E-state index contributed by atoms with van der Waals surface area (Å²) in [7, 11) is 0. The Balaban J connectivity index is 2.32. The van der Waals surface area contributed by atoms with Crippen molar-refractivity contribution in [3.05, 3.63) is 52.2 Å². The molecule has 1 amide bonds. The fraction of sp³-hybridized carbons (Fsp3) is 0.267. The molecule has 0 saturated carbocycles. The van der Waals surface area contributed by atoms with E-state index in [2.05, 4.69) is 5.32 Å². The summed E-state index contributed by atoms with van der Waals surface area (Å²) in [6, 6.07) is 10.1. The van der Waals surface area contributed by atoms with E-state index in [4.69, 9.17) is 0 Å². The van der Waals surface area contributed by atoms with Gasteiger partial charge in [-0.15, -0.1) is 11.3 Å². The Morgan fingerprint density at radius 2 is 2.00 bits per heavy atom. The van der Waals surface area contributed by atoms with Gasteiger partial charge in [0.2, 0.25) is 6.43 Å². The number of para-hydroxylation sites is 1. The molecule has 0 fully saturated rings. The quantitative estimate of drug-likeness (QED) is 0.887. The molecule has 1 atom stereocenters. The lowest BCUT2D eigenvalue weighted by Gasteiger charge is -2.26. The van der Waals surface area contributed by atoms with Crippen LogP contribution in [0.25, 0.3) is 0 Å². The highest BCUT2D eigenvalue weighted by Gasteiger charge is 2.42. The second-order valence-electron chi connectivity index (χ2n) is 4.71. The SMILES string of the molecule is Cc1ccsc1C(O)(CC(F)F)C(=O)Nc1ccccc1. The van der Waals surface area contributed by atoms with Gasteiger partial charge in [0, 0.05) is 10.6 Å². The van der Waals surface area contributed by atoms with E-state index in [1.165, 1.54) is 0 Å². The Morgan fingerprint density at radius 1 is 1.33 bits per heavy atom. The number of alkyl halides is 2. The molecule has 0 aliphatic rings. The van der Waals surface area contributed by atoms with Crippen LogP contribution in [-0.2, 0) is 10.4 Å². The molecular weight excluding hydrogens is 296 g/mol. The van der Waals surface area contributed by atoms with Gasteiger partial charge in [-0.05, 0) is 36.1 Å². The van der Waals surface area contributed by atoms with E-state index in [9.17, 15) is 18.7 Å². The van der Waals surface area contributed by atoms with Crippen LogP contribution in [0.15, 0.2) is 41.8 Å². The average Bonchev–Trinajstić information content (AvgIpc) is 2.86. The summed E-state index contributed by atoms with van der Waals surface area (Å²) in [4.78, 5) is 12.6. The average molecular weight is 311 g/mol. The molecule has 1 aromatic carbocycles. The van der Waals surface area contributed by atoms with Gasteiger partial charge >= 0.3 is 0 Å². The number of aliphatic hydroxyl groups is 1. The van der Waals surface area contributed by atoms with Crippen LogP contribution in [0.4, 0.5) is 14.5 Å². The molecule has 1 heterocycles. The number of carbonyl (C=O) groups excluding carboxylic acids is 1. The first-order valence-corrected chi connectivity index (χ1v) is 7.23. The summed E-state index contributed by atoms with van der Waals surface area (Å²) in [5.41, 5.74) is -1.17. The highest BCUT2D eigenvalue weighted by Crippen LogP contribution is 2.35. The number of hydrogen-bond donors (Lipinski definition) is 2. The van der Waals surface area contributed by atoms with Crippen molar-refractivity contribution in [1.82, 2.24) is 0 Å². The Kier molecular flexibility index (Phi) is 4.69. The van der Waals surface area contributed by atoms with E-state index in [-0.39, 0.29) is 4.88 Å². The third kappa shape index (κ3) is 3.46. The third-order valence-corrected chi connectivity index (χ3v) is 4.26. The van der Waals surface area contributed by atoms with E-state index in [1.54, 1.807) is 48.7 Å². The number of nitrogens with one attached hydrogen (secondary N) is 1. The van der Waals surface area contributed by atoms with Crippen molar-refractivity contribution < 1.29 is 18.7 Å². The molecule has 0 aliphatic carbocycles. The molecule has 0 spiro atoms. The summed E-state index contributed by atoms with van der Waals surface area (Å²) < 4.78 is 25.6. The van der Waals surface area contributed by atoms with Crippen molar-refractivity contribution in [3.63, 3.8) is 0 Å². The molecule has 2 N–H and O–H groups in total. The van der Waals surface area contributed by atoms with Crippen LogP contribution in [0.1, 0.15) is 16.9 Å². The molecule has 112 valence electrons. The number of carbonyl (C=O) groups is 1. The number of halogens is 2. The second-order valence-corrected chi connectivity index (χ2v) is 5.62. The Morgan fingerprint density at radius 3 is 2.52 bits per heavy atom. The molecular formula is C15H15F2NO2S. The van der Waals surface area contributed by atoms with Gasteiger partial charge in [-0.25, -0.2) is 8.78 Å². The Hall–Kier alpha value is -1.79. The number of amides is 1. The molecule has 0 aliphatic heterocycles. The molecule has 6 heteroatoms. The first-order chi connectivity index (χ1) is 9.93. The minimum Gasteiger partial charge on any atom is -0.374 e. The topological polar surface area (TPSA) is 49.3 Å². The van der Waals surface area contributed by atoms with Gasteiger partial charge < -0.3 is 10.4 Å². The van der Waals surface area contributed by atoms with Crippen molar-refractivity contribution >= 4 is 22.9 Å². The van der Waals surface area contributed by atoms with Crippen LogP contribution in [0, 0.1) is 6.92 Å². The number of thiophene rings is 1. The van der Waals surface area contributed by atoms with E-state index < -0.39 is 24.4 Å². The van der Waals surface area contributed by atoms with Crippen molar-refractivity contribution in [3.8, 4) is 0 Å². The smallest absolute Gasteiger partial charge is 0.262 e. The second kappa shape index (κ2) is 6.32. The summed E-state index contributed by atoms with van der Waals surface area (Å²) in [6.07, 6.45) is -3.73. The minimum atomic E-state index is -2.79. The maximum atomic E-state index is 12.8. The number of rotatable bonds is 5. The third-order valence-electron chi connectivity index (χ3n) is 3.09. The molecule has 0 saturated heterocycles. The van der Waals surface area contributed by atoms with Crippen LogP contribution >= 0.6 is 11.3 Å². The van der Waals surface area contributed by atoms with Crippen LogP contribution < -0.4 is 5.32 Å². The summed E-state index contributed by atoms with van der Waals surface area (Å²) >= 11 is 1.09. The number of benzene rings is 1. The molecule has 3 nitrogen and oxygen atoms in total. The fourth-order valence-electron chi connectivity index (χ4n) is 2.06. The number of hydrogen-bond acceptors (Lipinski definition) is 3. The normalized spacial score (nSPS) is 14.0. The zero-order chi connectivity index (χ0) is 15.5. The van der Waals surface area contributed by atoms with Gasteiger partial charge in [-0.1, -0.05) is 18.2 Å².